The topological polar surface area (TPSA) is 90.9 Å². The predicted molar refractivity (Wildman–Crippen MR) is 127 cm³/mol. The van der Waals surface area contributed by atoms with Crippen molar-refractivity contribution in [2.45, 2.75) is 25.7 Å². The molecule has 170 valence electrons. The lowest BCUT2D eigenvalue weighted by Gasteiger charge is -2.30. The first kappa shape index (κ1) is 22.2. The number of carbonyl (C=O) groups excluding carboxylic acids is 1. The second kappa shape index (κ2) is 10.5. The van der Waals surface area contributed by atoms with Crippen molar-refractivity contribution in [2.75, 3.05) is 17.5 Å². The van der Waals surface area contributed by atoms with Gasteiger partial charge < -0.3 is 9.84 Å². The lowest BCUT2D eigenvalue weighted by Crippen LogP contribution is -2.42. The predicted octanol–water partition coefficient (Wildman–Crippen LogP) is 4.53. The fourth-order valence-electron chi connectivity index (χ4n) is 4.07. The highest BCUT2D eigenvalue weighted by molar-refractivity contribution is 5.79. The third kappa shape index (κ3) is 6.04. The number of hydrazine groups is 2. The summed E-state index contributed by atoms with van der Waals surface area (Å²) in [6.45, 7) is -0.358. The van der Waals surface area contributed by atoms with Gasteiger partial charge in [-0.05, 0) is 66.6 Å². The number of aliphatic carboxylic acids is 1. The summed E-state index contributed by atoms with van der Waals surface area (Å²) < 4.78 is 5.46. The van der Waals surface area contributed by atoms with Crippen LogP contribution in [0.3, 0.4) is 0 Å². The SMILES string of the molecule is O=C(O)COc1cccc2c1CCC(CC(=O)N(Nc1ccccc1)Nc1ccccc1)C2. The molecule has 0 aromatic heterocycles. The fourth-order valence-corrected chi connectivity index (χ4v) is 4.07. The number of carbonyl (C=O) groups is 2. The van der Waals surface area contributed by atoms with E-state index in [2.05, 4.69) is 10.9 Å². The Morgan fingerprint density at radius 1 is 0.909 bits per heavy atom. The first-order valence-electron chi connectivity index (χ1n) is 11.0. The van der Waals surface area contributed by atoms with E-state index in [0.717, 1.165) is 41.8 Å². The van der Waals surface area contributed by atoms with Crippen LogP contribution in [0.15, 0.2) is 78.9 Å². The molecule has 0 aliphatic heterocycles. The van der Waals surface area contributed by atoms with E-state index in [1.807, 2.05) is 78.9 Å². The van der Waals surface area contributed by atoms with Crippen molar-refractivity contribution in [1.29, 1.82) is 0 Å². The average molecular weight is 446 g/mol. The fraction of sp³-hybridized carbons (Fsp3) is 0.231. The molecule has 3 aromatic carbocycles. The Labute approximate surface area is 192 Å². The molecule has 0 radical (unpaired) electrons. The molecule has 0 fully saturated rings. The molecule has 1 aliphatic carbocycles. The van der Waals surface area contributed by atoms with Crippen molar-refractivity contribution in [2.24, 2.45) is 5.92 Å². The van der Waals surface area contributed by atoms with E-state index in [1.54, 1.807) is 0 Å². The number of nitrogens with one attached hydrogen (secondary N) is 2. The number of para-hydroxylation sites is 2. The molecular formula is C26H27N3O4. The summed E-state index contributed by atoms with van der Waals surface area (Å²) in [7, 11) is 0. The summed E-state index contributed by atoms with van der Waals surface area (Å²) >= 11 is 0. The Bertz CT molecular complexity index is 1050. The highest BCUT2D eigenvalue weighted by Gasteiger charge is 2.26. The van der Waals surface area contributed by atoms with Gasteiger partial charge >= 0.3 is 5.97 Å². The molecule has 0 bridgehead atoms. The Morgan fingerprint density at radius 3 is 2.15 bits per heavy atom. The van der Waals surface area contributed by atoms with Crippen LogP contribution in [0.4, 0.5) is 11.4 Å². The molecule has 1 aliphatic rings. The summed E-state index contributed by atoms with van der Waals surface area (Å²) in [6.07, 6.45) is 2.70. The molecule has 7 nitrogen and oxygen atoms in total. The van der Waals surface area contributed by atoms with Crippen LogP contribution >= 0.6 is 0 Å². The van der Waals surface area contributed by atoms with Gasteiger partial charge in [-0.3, -0.25) is 15.6 Å². The minimum atomic E-state index is -0.996. The van der Waals surface area contributed by atoms with Gasteiger partial charge in [0.2, 0.25) is 0 Å². The van der Waals surface area contributed by atoms with Gasteiger partial charge in [-0.25, -0.2) is 4.79 Å². The molecule has 3 aromatic rings. The summed E-state index contributed by atoms with van der Waals surface area (Å²) in [6, 6.07) is 24.8. The van der Waals surface area contributed by atoms with Crippen molar-refractivity contribution in [3.05, 3.63) is 90.0 Å². The van der Waals surface area contributed by atoms with E-state index in [1.165, 1.54) is 5.12 Å². The van der Waals surface area contributed by atoms with Gasteiger partial charge in [-0.15, -0.1) is 0 Å². The van der Waals surface area contributed by atoms with Crippen LogP contribution in [0.1, 0.15) is 24.0 Å². The van der Waals surface area contributed by atoms with Crippen molar-refractivity contribution in [1.82, 2.24) is 5.12 Å². The molecule has 0 saturated heterocycles. The quantitative estimate of drug-likeness (QED) is 0.419. The Morgan fingerprint density at radius 2 is 1.55 bits per heavy atom. The zero-order valence-electron chi connectivity index (χ0n) is 18.2. The molecule has 1 amide bonds. The van der Waals surface area contributed by atoms with Crippen molar-refractivity contribution in [3.63, 3.8) is 0 Å². The van der Waals surface area contributed by atoms with E-state index in [0.29, 0.717) is 12.2 Å². The number of carboxylic acid groups (broad SMARTS) is 1. The van der Waals surface area contributed by atoms with E-state index in [9.17, 15) is 9.59 Å². The van der Waals surface area contributed by atoms with Crippen LogP contribution in [-0.4, -0.2) is 28.7 Å². The summed E-state index contributed by atoms with van der Waals surface area (Å²) in [5, 5.41) is 10.4. The van der Waals surface area contributed by atoms with Gasteiger partial charge in [0.15, 0.2) is 6.61 Å². The average Bonchev–Trinajstić information content (AvgIpc) is 2.83. The van der Waals surface area contributed by atoms with Crippen LogP contribution in [0, 0.1) is 5.92 Å². The Balaban J connectivity index is 1.44. The number of ether oxygens (including phenoxy) is 1. The van der Waals surface area contributed by atoms with Crippen LogP contribution in [0.5, 0.6) is 5.75 Å². The van der Waals surface area contributed by atoms with Crippen molar-refractivity contribution in [3.8, 4) is 5.75 Å². The summed E-state index contributed by atoms with van der Waals surface area (Å²) in [5.74, 6) is -0.256. The monoisotopic (exact) mass is 445 g/mol. The first-order valence-corrected chi connectivity index (χ1v) is 11.0. The van der Waals surface area contributed by atoms with Gasteiger partial charge in [0.1, 0.15) is 5.75 Å². The number of hydrogen-bond donors (Lipinski definition) is 3. The molecule has 1 unspecified atom stereocenters. The second-order valence-electron chi connectivity index (χ2n) is 8.07. The highest BCUT2D eigenvalue weighted by Crippen LogP contribution is 2.33. The van der Waals surface area contributed by atoms with Crippen molar-refractivity contribution >= 4 is 23.3 Å². The number of carboxylic acids is 1. The van der Waals surface area contributed by atoms with Gasteiger partial charge in [0.05, 0.1) is 11.4 Å². The number of benzene rings is 3. The van der Waals surface area contributed by atoms with Crippen molar-refractivity contribution < 1.29 is 19.4 Å². The normalized spacial score (nSPS) is 14.6. The largest absolute Gasteiger partial charge is 0.482 e. The van der Waals surface area contributed by atoms with Gasteiger partial charge in [-0.1, -0.05) is 48.5 Å². The second-order valence-corrected chi connectivity index (χ2v) is 8.07. The summed E-state index contributed by atoms with van der Waals surface area (Å²) in [5.41, 5.74) is 10.1. The molecule has 7 heteroatoms. The maximum Gasteiger partial charge on any atom is 0.341 e. The lowest BCUT2D eigenvalue weighted by molar-refractivity contribution is -0.139. The van der Waals surface area contributed by atoms with Crippen LogP contribution < -0.4 is 15.6 Å². The number of anilines is 2. The summed E-state index contributed by atoms with van der Waals surface area (Å²) in [4.78, 5) is 24.1. The van der Waals surface area contributed by atoms with Gasteiger partial charge in [0, 0.05) is 6.42 Å². The van der Waals surface area contributed by atoms with Gasteiger partial charge in [0.25, 0.3) is 5.91 Å². The molecule has 3 N–H and O–H groups in total. The first-order chi connectivity index (χ1) is 16.1. The molecule has 33 heavy (non-hydrogen) atoms. The smallest absolute Gasteiger partial charge is 0.341 e. The zero-order chi connectivity index (χ0) is 23.0. The third-order valence-electron chi connectivity index (χ3n) is 5.63. The molecule has 4 rings (SSSR count). The third-order valence-corrected chi connectivity index (χ3v) is 5.63. The maximum absolute atomic E-state index is 13.3. The number of rotatable bonds is 9. The number of hydrogen-bond acceptors (Lipinski definition) is 5. The minimum absolute atomic E-state index is 0.0607. The molecule has 0 spiro atoms. The van der Waals surface area contributed by atoms with Gasteiger partial charge in [-0.2, -0.15) is 5.12 Å². The van der Waals surface area contributed by atoms with E-state index >= 15 is 0 Å². The van der Waals surface area contributed by atoms with Crippen LogP contribution in [0.2, 0.25) is 0 Å². The highest BCUT2D eigenvalue weighted by atomic mass is 16.5. The molecule has 0 heterocycles. The van der Waals surface area contributed by atoms with E-state index in [4.69, 9.17) is 9.84 Å². The van der Waals surface area contributed by atoms with E-state index in [-0.39, 0.29) is 18.4 Å². The minimum Gasteiger partial charge on any atom is -0.482 e. The van der Waals surface area contributed by atoms with Crippen LogP contribution in [0.25, 0.3) is 0 Å². The standard InChI is InChI=1S/C26H27N3O4/c30-25(29(27-21-9-3-1-4-10-21)28-22-11-5-2-6-12-22)17-19-14-15-23-20(16-19)8-7-13-24(23)33-18-26(31)32/h1-13,19,27-28H,14-18H2,(H,31,32). The zero-order valence-corrected chi connectivity index (χ0v) is 18.2. The molecular weight excluding hydrogens is 418 g/mol. The molecule has 1 atom stereocenters. The maximum atomic E-state index is 13.3. The molecule has 0 saturated carbocycles. The lowest BCUT2D eigenvalue weighted by atomic mass is 9.81. The van der Waals surface area contributed by atoms with E-state index < -0.39 is 5.97 Å². The Hall–Kier alpha value is -4.00. The Kier molecular flexibility index (Phi) is 7.09. The number of amides is 1. The van der Waals surface area contributed by atoms with Crippen LogP contribution in [-0.2, 0) is 22.4 Å². The number of fused-ring (bicyclic) bond motifs is 1. The number of nitrogens with zero attached hydrogens (tertiary/aromatic N) is 1.